The van der Waals surface area contributed by atoms with Crippen LogP contribution in [0.3, 0.4) is 0 Å². The standard InChI is InChI=1S/C26H23NO3.2C2H6/c1-3-7-20(4-2)27-25(30)23-8-5-6-9-24(23)26(27,18-10-14-21(28)15-11-18)19-12-16-22(29)17-13-19;2*1-2/h3-17,28-29H,1-2H3;2*1-2H3/b7-3-,20-4+;;. The van der Waals surface area contributed by atoms with Crippen LogP contribution in [0.5, 0.6) is 11.5 Å². The average Bonchev–Trinajstić information content (AvgIpc) is 3.15. The maximum absolute atomic E-state index is 13.7. The summed E-state index contributed by atoms with van der Waals surface area (Å²) in [7, 11) is 0. The molecule has 1 aliphatic heterocycles. The number of hydrogen-bond acceptors (Lipinski definition) is 3. The fraction of sp³-hybridized carbons (Fsp3) is 0.233. The van der Waals surface area contributed by atoms with Gasteiger partial charge in [-0.2, -0.15) is 0 Å². The second kappa shape index (κ2) is 11.9. The summed E-state index contributed by atoms with van der Waals surface area (Å²) in [6.45, 7) is 11.8. The summed E-state index contributed by atoms with van der Waals surface area (Å²) in [5, 5.41) is 19.8. The fourth-order valence-corrected chi connectivity index (χ4v) is 4.30. The van der Waals surface area contributed by atoms with Gasteiger partial charge in [0, 0.05) is 11.3 Å². The Bertz CT molecular complexity index is 1100. The molecule has 1 aliphatic rings. The minimum absolute atomic E-state index is 0.0991. The molecule has 0 saturated carbocycles. The van der Waals surface area contributed by atoms with Crippen LogP contribution in [0.25, 0.3) is 0 Å². The van der Waals surface area contributed by atoms with E-state index < -0.39 is 5.54 Å². The van der Waals surface area contributed by atoms with Crippen LogP contribution in [0.4, 0.5) is 0 Å². The molecule has 0 unspecified atom stereocenters. The van der Waals surface area contributed by atoms with Gasteiger partial charge in [0.15, 0.2) is 0 Å². The van der Waals surface area contributed by atoms with Crippen LogP contribution < -0.4 is 0 Å². The number of nitrogens with zero attached hydrogens (tertiary/aromatic N) is 1. The summed E-state index contributed by atoms with van der Waals surface area (Å²) in [6, 6.07) is 21.5. The van der Waals surface area contributed by atoms with Gasteiger partial charge in [0.1, 0.15) is 17.0 Å². The van der Waals surface area contributed by atoms with Crippen LogP contribution in [0.2, 0.25) is 0 Å². The van der Waals surface area contributed by atoms with Crippen LogP contribution in [0.15, 0.2) is 96.7 Å². The van der Waals surface area contributed by atoms with Crippen LogP contribution in [-0.2, 0) is 5.54 Å². The first-order valence-electron chi connectivity index (χ1n) is 11.9. The molecule has 4 heteroatoms. The van der Waals surface area contributed by atoms with E-state index >= 15 is 0 Å². The predicted octanol–water partition coefficient (Wildman–Crippen LogP) is 7.38. The molecule has 0 aliphatic carbocycles. The highest BCUT2D eigenvalue weighted by molar-refractivity contribution is 6.03. The lowest BCUT2D eigenvalue weighted by molar-refractivity contribution is 0.0759. The van der Waals surface area contributed by atoms with Crippen molar-refractivity contribution < 1.29 is 15.0 Å². The van der Waals surface area contributed by atoms with E-state index in [1.807, 2.05) is 108 Å². The minimum atomic E-state index is -0.948. The SMILES string of the molecule is C/C=C\C(=C/C)N1C(=O)c2ccccc2C1(c1ccc(O)cc1)c1ccc(O)cc1.CC.CC. The molecule has 0 saturated heterocycles. The third-order valence-corrected chi connectivity index (χ3v) is 5.55. The average molecular weight is 458 g/mol. The first kappa shape index (κ1) is 26.5. The molecular formula is C30H35NO3. The summed E-state index contributed by atoms with van der Waals surface area (Å²) < 4.78 is 0. The van der Waals surface area contributed by atoms with Gasteiger partial charge in [0.05, 0.1) is 0 Å². The van der Waals surface area contributed by atoms with Crippen molar-refractivity contribution in [3.63, 3.8) is 0 Å². The molecule has 178 valence electrons. The number of amides is 1. The van der Waals surface area contributed by atoms with E-state index in [1.165, 1.54) is 0 Å². The van der Waals surface area contributed by atoms with Crippen molar-refractivity contribution in [1.82, 2.24) is 4.90 Å². The molecule has 0 atom stereocenters. The molecule has 3 aromatic carbocycles. The van der Waals surface area contributed by atoms with Crippen LogP contribution in [0.1, 0.15) is 68.6 Å². The molecule has 0 bridgehead atoms. The highest BCUT2D eigenvalue weighted by atomic mass is 16.3. The Morgan fingerprint density at radius 2 is 1.24 bits per heavy atom. The van der Waals surface area contributed by atoms with Gasteiger partial charge in [-0.15, -0.1) is 0 Å². The van der Waals surface area contributed by atoms with E-state index in [2.05, 4.69) is 0 Å². The Hall–Kier alpha value is -3.79. The maximum Gasteiger partial charge on any atom is 0.259 e. The van der Waals surface area contributed by atoms with E-state index in [1.54, 1.807) is 29.2 Å². The lowest BCUT2D eigenvalue weighted by Crippen LogP contribution is -2.44. The van der Waals surface area contributed by atoms with Gasteiger partial charge >= 0.3 is 0 Å². The molecule has 1 heterocycles. The zero-order valence-electron chi connectivity index (χ0n) is 20.9. The van der Waals surface area contributed by atoms with E-state index in [4.69, 9.17) is 0 Å². The van der Waals surface area contributed by atoms with Gasteiger partial charge in [-0.25, -0.2) is 0 Å². The number of benzene rings is 3. The van der Waals surface area contributed by atoms with Gasteiger partial charge in [0.25, 0.3) is 5.91 Å². The Kier molecular flexibility index (Phi) is 9.26. The number of carbonyl (C=O) groups is 1. The highest BCUT2D eigenvalue weighted by Crippen LogP contribution is 2.51. The van der Waals surface area contributed by atoms with Gasteiger partial charge in [0.2, 0.25) is 0 Å². The number of aromatic hydroxyl groups is 2. The normalized spacial score (nSPS) is 14.1. The topological polar surface area (TPSA) is 60.8 Å². The summed E-state index contributed by atoms with van der Waals surface area (Å²) in [6.07, 6.45) is 5.74. The van der Waals surface area contributed by atoms with Gasteiger partial charge in [-0.1, -0.05) is 82.3 Å². The zero-order chi connectivity index (χ0) is 25.3. The first-order chi connectivity index (χ1) is 16.5. The molecular weight excluding hydrogens is 422 g/mol. The highest BCUT2D eigenvalue weighted by Gasteiger charge is 2.52. The molecule has 1 amide bonds. The smallest absolute Gasteiger partial charge is 0.259 e. The lowest BCUT2D eigenvalue weighted by atomic mass is 9.76. The summed E-state index contributed by atoms with van der Waals surface area (Å²) in [5.74, 6) is 0.213. The molecule has 4 rings (SSSR count). The molecule has 2 N–H and O–H groups in total. The fourth-order valence-electron chi connectivity index (χ4n) is 4.30. The maximum atomic E-state index is 13.7. The largest absolute Gasteiger partial charge is 0.508 e. The van der Waals surface area contributed by atoms with Crippen LogP contribution >= 0.6 is 0 Å². The molecule has 4 nitrogen and oxygen atoms in total. The number of phenolic OH excluding ortho intramolecular Hbond substituents is 2. The molecule has 0 aromatic heterocycles. The van der Waals surface area contributed by atoms with Crippen LogP contribution in [-0.4, -0.2) is 21.0 Å². The Balaban J connectivity index is 0.000000970. The second-order valence-corrected chi connectivity index (χ2v) is 7.20. The molecule has 0 radical (unpaired) electrons. The number of allylic oxidation sites excluding steroid dienone is 3. The van der Waals surface area contributed by atoms with Crippen molar-refractivity contribution in [3.8, 4) is 11.5 Å². The van der Waals surface area contributed by atoms with Crippen molar-refractivity contribution in [2.45, 2.75) is 47.1 Å². The number of fused-ring (bicyclic) bond motifs is 1. The Morgan fingerprint density at radius 3 is 1.68 bits per heavy atom. The number of carbonyl (C=O) groups excluding carboxylic acids is 1. The monoisotopic (exact) mass is 457 g/mol. The van der Waals surface area contributed by atoms with E-state index in [0.717, 1.165) is 22.4 Å². The van der Waals surface area contributed by atoms with E-state index in [0.29, 0.717) is 5.56 Å². The van der Waals surface area contributed by atoms with Crippen molar-refractivity contribution in [3.05, 3.63) is 119 Å². The molecule has 0 spiro atoms. The second-order valence-electron chi connectivity index (χ2n) is 7.20. The van der Waals surface area contributed by atoms with Crippen molar-refractivity contribution in [2.24, 2.45) is 0 Å². The quantitative estimate of drug-likeness (QED) is 0.402. The lowest BCUT2D eigenvalue weighted by Gasteiger charge is -2.41. The van der Waals surface area contributed by atoms with Crippen molar-refractivity contribution in [1.29, 1.82) is 0 Å². The summed E-state index contributed by atoms with van der Waals surface area (Å²) in [4.78, 5) is 15.5. The van der Waals surface area contributed by atoms with Gasteiger partial charge in [-0.05, 0) is 66.9 Å². The summed E-state index contributed by atoms with van der Waals surface area (Å²) >= 11 is 0. The molecule has 3 aromatic rings. The van der Waals surface area contributed by atoms with Gasteiger partial charge < -0.3 is 10.2 Å². The predicted molar refractivity (Wildman–Crippen MR) is 140 cm³/mol. The third-order valence-electron chi connectivity index (χ3n) is 5.55. The van der Waals surface area contributed by atoms with Crippen LogP contribution in [0, 0.1) is 0 Å². The number of phenols is 2. The van der Waals surface area contributed by atoms with Crippen molar-refractivity contribution >= 4 is 5.91 Å². The molecule has 34 heavy (non-hydrogen) atoms. The van der Waals surface area contributed by atoms with Crippen molar-refractivity contribution in [2.75, 3.05) is 0 Å². The molecule has 0 fully saturated rings. The number of rotatable bonds is 4. The minimum Gasteiger partial charge on any atom is -0.508 e. The van der Waals surface area contributed by atoms with E-state index in [-0.39, 0.29) is 17.4 Å². The summed E-state index contributed by atoms with van der Waals surface area (Å²) in [5.41, 5.74) is 2.98. The first-order valence-corrected chi connectivity index (χ1v) is 11.9. The third kappa shape index (κ3) is 4.49. The van der Waals surface area contributed by atoms with Gasteiger partial charge in [-0.3, -0.25) is 9.69 Å². The Morgan fingerprint density at radius 1 is 0.765 bits per heavy atom. The number of hydrogen-bond donors (Lipinski definition) is 2. The zero-order valence-corrected chi connectivity index (χ0v) is 20.9. The Labute approximate surface area is 203 Å². The van der Waals surface area contributed by atoms with E-state index in [9.17, 15) is 15.0 Å².